The zero-order chi connectivity index (χ0) is 17.1. The average Bonchev–Trinajstić information content (AvgIpc) is 2.59. The lowest BCUT2D eigenvalue weighted by Gasteiger charge is -2.19. The third-order valence-electron chi connectivity index (χ3n) is 4.75. The van der Waals surface area contributed by atoms with Crippen LogP contribution >= 0.6 is 0 Å². The Hall–Kier alpha value is -2.39. The summed E-state index contributed by atoms with van der Waals surface area (Å²) in [7, 11) is 0. The summed E-state index contributed by atoms with van der Waals surface area (Å²) >= 11 is 0. The van der Waals surface area contributed by atoms with Crippen molar-refractivity contribution in [1.29, 1.82) is 0 Å². The molecule has 0 radical (unpaired) electrons. The maximum Gasteiger partial charge on any atom is 0.336 e. The van der Waals surface area contributed by atoms with E-state index in [1.54, 1.807) is 6.07 Å². The highest BCUT2D eigenvalue weighted by molar-refractivity contribution is 5.83. The summed E-state index contributed by atoms with van der Waals surface area (Å²) in [5.74, 6) is 0. The maximum absolute atomic E-state index is 12.0. The fourth-order valence-corrected chi connectivity index (χ4v) is 3.14. The minimum atomic E-state index is -0.263. The summed E-state index contributed by atoms with van der Waals surface area (Å²) in [6.45, 7) is 9.00. The summed E-state index contributed by atoms with van der Waals surface area (Å²) in [5.41, 5.74) is 5.04. The van der Waals surface area contributed by atoms with Crippen LogP contribution in [0.5, 0.6) is 0 Å². The molecule has 0 fully saturated rings. The first-order chi connectivity index (χ1) is 11.6. The Kier molecular flexibility index (Phi) is 4.81. The molecule has 0 saturated heterocycles. The van der Waals surface area contributed by atoms with Gasteiger partial charge >= 0.3 is 5.63 Å². The lowest BCUT2D eigenvalue weighted by Crippen LogP contribution is -3.09. The SMILES string of the molecule is CC[NH+](Cc1ccccc1)Cc1cc(=O)oc2c(C)c(C)ccc12. The van der Waals surface area contributed by atoms with E-state index in [-0.39, 0.29) is 5.63 Å². The van der Waals surface area contributed by atoms with E-state index in [1.165, 1.54) is 10.5 Å². The van der Waals surface area contributed by atoms with Crippen molar-refractivity contribution in [2.45, 2.75) is 33.9 Å². The van der Waals surface area contributed by atoms with Gasteiger partial charge < -0.3 is 9.32 Å². The molecule has 1 heterocycles. The molecule has 3 nitrogen and oxygen atoms in total. The van der Waals surface area contributed by atoms with Gasteiger partial charge in [-0.05, 0) is 31.9 Å². The Labute approximate surface area is 142 Å². The Bertz CT molecular complexity index is 897. The molecule has 0 saturated carbocycles. The van der Waals surface area contributed by atoms with E-state index in [2.05, 4.69) is 43.3 Å². The zero-order valence-corrected chi connectivity index (χ0v) is 14.6. The first kappa shape index (κ1) is 16.5. The second-order valence-electron chi connectivity index (χ2n) is 6.42. The van der Waals surface area contributed by atoms with E-state index in [4.69, 9.17) is 4.42 Å². The molecule has 0 aliphatic carbocycles. The van der Waals surface area contributed by atoms with Gasteiger partial charge in [-0.3, -0.25) is 0 Å². The molecule has 0 amide bonds. The molecule has 1 unspecified atom stereocenters. The van der Waals surface area contributed by atoms with Gasteiger partial charge in [0.15, 0.2) is 0 Å². The predicted octanol–water partition coefficient (Wildman–Crippen LogP) is 3.01. The molecule has 3 aromatic rings. The van der Waals surface area contributed by atoms with Crippen LogP contribution in [0.25, 0.3) is 11.0 Å². The van der Waals surface area contributed by atoms with Gasteiger partial charge in [0, 0.05) is 22.6 Å². The van der Waals surface area contributed by atoms with Crippen molar-refractivity contribution in [3.63, 3.8) is 0 Å². The fourth-order valence-electron chi connectivity index (χ4n) is 3.14. The van der Waals surface area contributed by atoms with Crippen molar-refractivity contribution in [1.82, 2.24) is 0 Å². The molecule has 0 aliphatic heterocycles. The van der Waals surface area contributed by atoms with Crippen molar-refractivity contribution in [3.05, 3.63) is 81.2 Å². The van der Waals surface area contributed by atoms with Gasteiger partial charge in [-0.1, -0.05) is 42.5 Å². The van der Waals surface area contributed by atoms with Gasteiger partial charge in [0.05, 0.1) is 6.54 Å². The summed E-state index contributed by atoms with van der Waals surface area (Å²) in [4.78, 5) is 13.4. The molecule has 3 rings (SSSR count). The quantitative estimate of drug-likeness (QED) is 0.733. The van der Waals surface area contributed by atoms with Gasteiger partial charge in [-0.15, -0.1) is 0 Å². The van der Waals surface area contributed by atoms with E-state index >= 15 is 0 Å². The van der Waals surface area contributed by atoms with Crippen LogP contribution in [-0.4, -0.2) is 6.54 Å². The first-order valence-electron chi connectivity index (χ1n) is 8.49. The van der Waals surface area contributed by atoms with Crippen molar-refractivity contribution in [2.75, 3.05) is 6.54 Å². The third kappa shape index (κ3) is 3.41. The third-order valence-corrected chi connectivity index (χ3v) is 4.75. The molecule has 1 N–H and O–H groups in total. The Morgan fingerprint density at radius 1 is 1.00 bits per heavy atom. The van der Waals surface area contributed by atoms with Crippen LogP contribution in [0.3, 0.4) is 0 Å². The van der Waals surface area contributed by atoms with Gasteiger partial charge in [-0.25, -0.2) is 4.79 Å². The highest BCUT2D eigenvalue weighted by Gasteiger charge is 2.14. The van der Waals surface area contributed by atoms with Crippen LogP contribution in [0.15, 0.2) is 57.7 Å². The molecule has 1 aromatic heterocycles. The molecule has 24 heavy (non-hydrogen) atoms. The first-order valence-corrected chi connectivity index (χ1v) is 8.49. The summed E-state index contributed by atoms with van der Waals surface area (Å²) in [6, 6.07) is 16.3. The number of quaternary nitrogens is 1. The van der Waals surface area contributed by atoms with Gasteiger partial charge in [0.2, 0.25) is 0 Å². The molecule has 0 aliphatic rings. The Balaban J connectivity index is 1.96. The van der Waals surface area contributed by atoms with Crippen LogP contribution in [0.2, 0.25) is 0 Å². The van der Waals surface area contributed by atoms with E-state index in [1.807, 2.05) is 19.9 Å². The Morgan fingerprint density at radius 2 is 1.75 bits per heavy atom. The molecule has 3 heteroatoms. The van der Waals surface area contributed by atoms with E-state index < -0.39 is 0 Å². The molecular formula is C21H24NO2+. The maximum atomic E-state index is 12.0. The van der Waals surface area contributed by atoms with Crippen LogP contribution in [-0.2, 0) is 13.1 Å². The molecular weight excluding hydrogens is 298 g/mol. The van der Waals surface area contributed by atoms with Crippen molar-refractivity contribution in [2.24, 2.45) is 0 Å². The lowest BCUT2D eigenvalue weighted by molar-refractivity contribution is -0.925. The van der Waals surface area contributed by atoms with E-state index in [9.17, 15) is 4.79 Å². The minimum Gasteiger partial charge on any atom is -0.422 e. The largest absolute Gasteiger partial charge is 0.422 e. The molecule has 0 spiro atoms. The standard InChI is InChI=1S/C21H23NO2/c1-4-22(13-17-8-6-5-7-9-17)14-18-12-20(23)24-21-16(3)15(2)10-11-19(18)21/h5-12H,4,13-14H2,1-3H3/p+1. The molecule has 124 valence electrons. The van der Waals surface area contributed by atoms with Gasteiger partial charge in [-0.2, -0.15) is 0 Å². The number of benzene rings is 2. The molecule has 2 aromatic carbocycles. The second-order valence-corrected chi connectivity index (χ2v) is 6.42. The van der Waals surface area contributed by atoms with Crippen molar-refractivity contribution >= 4 is 11.0 Å². The second kappa shape index (κ2) is 7.02. The monoisotopic (exact) mass is 322 g/mol. The minimum absolute atomic E-state index is 0.263. The summed E-state index contributed by atoms with van der Waals surface area (Å²) in [5, 5.41) is 1.05. The molecule has 0 bridgehead atoms. The van der Waals surface area contributed by atoms with E-state index in [0.717, 1.165) is 47.3 Å². The number of rotatable bonds is 5. The van der Waals surface area contributed by atoms with Gasteiger partial charge in [0.1, 0.15) is 18.7 Å². The number of fused-ring (bicyclic) bond motifs is 1. The lowest BCUT2D eigenvalue weighted by atomic mass is 10.0. The van der Waals surface area contributed by atoms with Crippen LogP contribution < -0.4 is 10.5 Å². The van der Waals surface area contributed by atoms with Crippen molar-refractivity contribution in [3.8, 4) is 0 Å². The number of aryl methyl sites for hydroxylation is 2. The highest BCUT2D eigenvalue weighted by Crippen LogP contribution is 2.22. The number of hydrogen-bond acceptors (Lipinski definition) is 2. The molecule has 1 atom stereocenters. The highest BCUT2D eigenvalue weighted by atomic mass is 16.4. The van der Waals surface area contributed by atoms with Crippen LogP contribution in [0, 0.1) is 13.8 Å². The zero-order valence-electron chi connectivity index (χ0n) is 14.6. The normalized spacial score (nSPS) is 12.5. The number of hydrogen-bond donors (Lipinski definition) is 1. The fraction of sp³-hybridized carbons (Fsp3) is 0.286. The van der Waals surface area contributed by atoms with Gasteiger partial charge in [0.25, 0.3) is 0 Å². The smallest absolute Gasteiger partial charge is 0.336 e. The average molecular weight is 322 g/mol. The van der Waals surface area contributed by atoms with Crippen LogP contribution in [0.4, 0.5) is 0 Å². The topological polar surface area (TPSA) is 34.7 Å². The van der Waals surface area contributed by atoms with E-state index in [0.29, 0.717) is 0 Å². The predicted molar refractivity (Wildman–Crippen MR) is 97.3 cm³/mol. The van der Waals surface area contributed by atoms with Crippen molar-refractivity contribution < 1.29 is 9.32 Å². The summed E-state index contributed by atoms with van der Waals surface area (Å²) < 4.78 is 5.48. The Morgan fingerprint density at radius 3 is 2.46 bits per heavy atom. The van der Waals surface area contributed by atoms with Crippen LogP contribution in [0.1, 0.15) is 29.2 Å². The summed E-state index contributed by atoms with van der Waals surface area (Å²) in [6.07, 6.45) is 0. The number of nitrogens with one attached hydrogen (secondary N) is 1.